The quantitative estimate of drug-likeness (QED) is 0.640. The van der Waals surface area contributed by atoms with Gasteiger partial charge < -0.3 is 5.32 Å². The summed E-state index contributed by atoms with van der Waals surface area (Å²) in [7, 11) is 0. The number of nitrogens with zero attached hydrogens (tertiary/aromatic N) is 2. The lowest BCUT2D eigenvalue weighted by Gasteiger charge is -2.36. The van der Waals surface area contributed by atoms with Gasteiger partial charge >= 0.3 is 11.8 Å². The Kier molecular flexibility index (Phi) is 6.09. The van der Waals surface area contributed by atoms with Crippen LogP contribution < -0.4 is 10.6 Å². The van der Waals surface area contributed by atoms with E-state index in [0.717, 1.165) is 0 Å². The van der Waals surface area contributed by atoms with E-state index in [1.54, 1.807) is 11.6 Å². The van der Waals surface area contributed by atoms with Gasteiger partial charge in [-0.15, -0.1) is 11.3 Å². The van der Waals surface area contributed by atoms with Crippen LogP contribution in [0.4, 0.5) is 5.13 Å². The number of carbonyl (C=O) groups is 2. The fourth-order valence-corrected chi connectivity index (χ4v) is 2.78. The van der Waals surface area contributed by atoms with Crippen LogP contribution in [-0.2, 0) is 9.59 Å². The SMILES string of the molecule is CC(C)N(C(C)C)C(C)NC(=O)C(=O)Nc1nccs1. The van der Waals surface area contributed by atoms with Crippen molar-refractivity contribution in [3.8, 4) is 0 Å². The number of hydrogen-bond acceptors (Lipinski definition) is 5. The van der Waals surface area contributed by atoms with Crippen molar-refractivity contribution in [2.45, 2.75) is 52.9 Å². The van der Waals surface area contributed by atoms with Gasteiger partial charge in [0.2, 0.25) is 0 Å². The highest BCUT2D eigenvalue weighted by molar-refractivity contribution is 7.13. The zero-order valence-electron chi connectivity index (χ0n) is 12.5. The summed E-state index contributed by atoms with van der Waals surface area (Å²) in [4.78, 5) is 29.6. The first-order valence-corrected chi connectivity index (χ1v) is 7.49. The third kappa shape index (κ3) is 4.57. The van der Waals surface area contributed by atoms with Crippen molar-refractivity contribution >= 4 is 28.3 Å². The Bertz CT molecular complexity index is 437. The van der Waals surface area contributed by atoms with Crippen LogP contribution in [0.5, 0.6) is 0 Å². The molecule has 0 saturated heterocycles. The van der Waals surface area contributed by atoms with E-state index in [1.807, 2.05) is 6.92 Å². The summed E-state index contributed by atoms with van der Waals surface area (Å²) in [5, 5.41) is 7.32. The summed E-state index contributed by atoms with van der Waals surface area (Å²) in [5.41, 5.74) is 0. The van der Waals surface area contributed by atoms with E-state index in [1.165, 1.54) is 11.3 Å². The number of carbonyl (C=O) groups excluding carboxylic acids is 2. The van der Waals surface area contributed by atoms with Gasteiger partial charge in [-0.25, -0.2) is 4.98 Å². The van der Waals surface area contributed by atoms with E-state index < -0.39 is 11.8 Å². The molecule has 20 heavy (non-hydrogen) atoms. The molecule has 1 aromatic rings. The maximum Gasteiger partial charge on any atom is 0.315 e. The minimum atomic E-state index is -0.695. The molecule has 0 aromatic carbocycles. The third-order valence-electron chi connectivity index (χ3n) is 2.84. The maximum atomic E-state index is 11.9. The molecular formula is C13H22N4O2S. The zero-order valence-corrected chi connectivity index (χ0v) is 13.3. The molecule has 1 atom stereocenters. The van der Waals surface area contributed by atoms with Crippen molar-refractivity contribution in [3.63, 3.8) is 0 Å². The molecule has 112 valence electrons. The van der Waals surface area contributed by atoms with E-state index in [4.69, 9.17) is 0 Å². The number of amides is 2. The Morgan fingerprint density at radius 2 is 1.75 bits per heavy atom. The van der Waals surface area contributed by atoms with Crippen molar-refractivity contribution in [1.29, 1.82) is 0 Å². The molecule has 0 aliphatic heterocycles. The molecule has 6 nitrogen and oxygen atoms in total. The van der Waals surface area contributed by atoms with Crippen molar-refractivity contribution in [3.05, 3.63) is 11.6 Å². The number of aromatic nitrogens is 1. The maximum absolute atomic E-state index is 11.9. The number of anilines is 1. The van der Waals surface area contributed by atoms with Crippen LogP contribution in [0.25, 0.3) is 0 Å². The fourth-order valence-electron chi connectivity index (χ4n) is 2.26. The summed E-state index contributed by atoms with van der Waals surface area (Å²) in [6.07, 6.45) is 1.35. The molecule has 1 rings (SSSR count). The third-order valence-corrected chi connectivity index (χ3v) is 3.53. The van der Waals surface area contributed by atoms with Crippen LogP contribution in [0.15, 0.2) is 11.6 Å². The predicted molar refractivity (Wildman–Crippen MR) is 80.5 cm³/mol. The molecule has 1 unspecified atom stereocenters. The van der Waals surface area contributed by atoms with Gasteiger partial charge in [0, 0.05) is 23.7 Å². The molecular weight excluding hydrogens is 276 g/mol. The Morgan fingerprint density at radius 1 is 1.15 bits per heavy atom. The van der Waals surface area contributed by atoms with Crippen molar-refractivity contribution in [2.75, 3.05) is 5.32 Å². The first-order chi connectivity index (χ1) is 9.32. The van der Waals surface area contributed by atoms with E-state index in [-0.39, 0.29) is 18.2 Å². The summed E-state index contributed by atoms with van der Waals surface area (Å²) in [6, 6.07) is 0.541. The molecule has 7 heteroatoms. The second-order valence-electron chi connectivity index (χ2n) is 5.08. The first-order valence-electron chi connectivity index (χ1n) is 6.61. The van der Waals surface area contributed by atoms with Gasteiger partial charge in [0.05, 0.1) is 6.17 Å². The number of nitrogens with one attached hydrogen (secondary N) is 2. The average Bonchev–Trinajstić information content (AvgIpc) is 2.80. The molecule has 2 amide bonds. The lowest BCUT2D eigenvalue weighted by atomic mass is 10.2. The van der Waals surface area contributed by atoms with E-state index >= 15 is 0 Å². The largest absolute Gasteiger partial charge is 0.333 e. The van der Waals surface area contributed by atoms with E-state index in [9.17, 15) is 9.59 Å². The molecule has 0 aliphatic rings. The van der Waals surface area contributed by atoms with Crippen LogP contribution in [-0.4, -0.2) is 39.9 Å². The summed E-state index contributed by atoms with van der Waals surface area (Å²) < 4.78 is 0. The van der Waals surface area contributed by atoms with Crippen molar-refractivity contribution in [2.24, 2.45) is 0 Å². The summed E-state index contributed by atoms with van der Waals surface area (Å²) in [6.45, 7) is 10.1. The van der Waals surface area contributed by atoms with Crippen LogP contribution in [0.3, 0.4) is 0 Å². The normalized spacial score (nSPS) is 12.8. The number of hydrogen-bond donors (Lipinski definition) is 2. The first kappa shape index (κ1) is 16.6. The molecule has 0 bridgehead atoms. The zero-order chi connectivity index (χ0) is 15.3. The molecule has 0 spiro atoms. The van der Waals surface area contributed by atoms with Crippen molar-refractivity contribution < 1.29 is 9.59 Å². The van der Waals surface area contributed by atoms with E-state index in [2.05, 4.69) is 48.2 Å². The van der Waals surface area contributed by atoms with Gasteiger partial charge in [0.25, 0.3) is 0 Å². The van der Waals surface area contributed by atoms with Gasteiger partial charge in [-0.3, -0.25) is 19.8 Å². The van der Waals surface area contributed by atoms with Crippen LogP contribution in [0.2, 0.25) is 0 Å². The molecule has 0 radical (unpaired) electrons. The van der Waals surface area contributed by atoms with Gasteiger partial charge in [0.1, 0.15) is 0 Å². The lowest BCUT2D eigenvalue weighted by molar-refractivity contribution is -0.137. The minimum Gasteiger partial charge on any atom is -0.333 e. The van der Waals surface area contributed by atoms with Crippen LogP contribution in [0.1, 0.15) is 34.6 Å². The molecule has 0 aliphatic carbocycles. The monoisotopic (exact) mass is 298 g/mol. The van der Waals surface area contributed by atoms with Crippen LogP contribution >= 0.6 is 11.3 Å². The Labute approximate surface area is 123 Å². The molecule has 1 aromatic heterocycles. The standard InChI is InChI=1S/C13H22N4O2S/c1-8(2)17(9(3)4)10(5)15-11(18)12(19)16-13-14-6-7-20-13/h6-10H,1-5H3,(H,15,18)(H,14,16,19). The topological polar surface area (TPSA) is 74.3 Å². The Morgan fingerprint density at radius 3 is 2.20 bits per heavy atom. The number of rotatable bonds is 5. The smallest absolute Gasteiger partial charge is 0.315 e. The minimum absolute atomic E-state index is 0.218. The Hall–Kier alpha value is -1.47. The number of thiazole rings is 1. The highest BCUT2D eigenvalue weighted by Crippen LogP contribution is 2.11. The highest BCUT2D eigenvalue weighted by Gasteiger charge is 2.24. The lowest BCUT2D eigenvalue weighted by Crippen LogP contribution is -2.54. The van der Waals surface area contributed by atoms with E-state index in [0.29, 0.717) is 5.13 Å². The molecule has 0 fully saturated rings. The second-order valence-corrected chi connectivity index (χ2v) is 5.97. The Balaban J connectivity index is 2.58. The summed E-state index contributed by atoms with van der Waals surface area (Å²) in [5.74, 6) is -1.35. The second kappa shape index (κ2) is 7.35. The van der Waals surface area contributed by atoms with Gasteiger partial charge in [-0.05, 0) is 34.6 Å². The average molecular weight is 298 g/mol. The fraction of sp³-hybridized carbons (Fsp3) is 0.615. The predicted octanol–water partition coefficient (Wildman–Crippen LogP) is 1.66. The molecule has 2 N–H and O–H groups in total. The molecule has 0 saturated carbocycles. The van der Waals surface area contributed by atoms with Gasteiger partial charge in [0.15, 0.2) is 5.13 Å². The summed E-state index contributed by atoms with van der Waals surface area (Å²) >= 11 is 1.27. The van der Waals surface area contributed by atoms with Gasteiger partial charge in [-0.2, -0.15) is 0 Å². The van der Waals surface area contributed by atoms with Crippen molar-refractivity contribution in [1.82, 2.24) is 15.2 Å². The van der Waals surface area contributed by atoms with Gasteiger partial charge in [-0.1, -0.05) is 0 Å². The molecule has 1 heterocycles. The van der Waals surface area contributed by atoms with Crippen LogP contribution in [0, 0.1) is 0 Å². The highest BCUT2D eigenvalue weighted by atomic mass is 32.1.